The number of imidazole rings is 1. The maximum atomic E-state index is 5.16. The molecule has 0 bridgehead atoms. The minimum atomic E-state index is 0.648. The number of aromatic nitrogens is 4. The molecular formula is C25H27BrN6O. The lowest BCUT2D eigenvalue weighted by Crippen LogP contribution is -2.46. The second-order valence-electron chi connectivity index (χ2n) is 8.26. The number of hydrogen-bond donors (Lipinski definition) is 1. The number of halogens is 1. The predicted octanol–water partition coefficient (Wildman–Crippen LogP) is 4.68. The Hall–Kier alpha value is -2.97. The quantitative estimate of drug-likeness (QED) is 0.409. The Morgan fingerprint density at radius 3 is 2.39 bits per heavy atom. The predicted molar refractivity (Wildman–Crippen MR) is 135 cm³/mol. The van der Waals surface area contributed by atoms with E-state index in [-0.39, 0.29) is 0 Å². The second kappa shape index (κ2) is 9.49. The van der Waals surface area contributed by atoms with Crippen LogP contribution in [0.1, 0.15) is 18.1 Å². The molecule has 1 saturated heterocycles. The van der Waals surface area contributed by atoms with Crippen LogP contribution in [0.2, 0.25) is 0 Å². The van der Waals surface area contributed by atoms with Crippen molar-refractivity contribution in [2.75, 3.05) is 38.2 Å². The number of nitrogens with zero attached hydrogens (tertiary/aromatic N) is 5. The summed E-state index contributed by atoms with van der Waals surface area (Å²) in [7, 11) is 1.64. The fraction of sp³-hybridized carbons (Fsp3) is 0.320. The summed E-state index contributed by atoms with van der Waals surface area (Å²) in [5.41, 5.74) is 6.42. The number of benzene rings is 1. The molecule has 1 aromatic carbocycles. The first-order chi connectivity index (χ1) is 16.1. The lowest BCUT2D eigenvalue weighted by atomic mass is 10.1. The molecule has 7 nitrogen and oxygen atoms in total. The van der Waals surface area contributed by atoms with E-state index in [1.165, 1.54) is 11.1 Å². The summed E-state index contributed by atoms with van der Waals surface area (Å²) in [6.45, 7) is 6.84. The molecule has 0 amide bonds. The third-order valence-corrected chi connectivity index (χ3v) is 6.76. The van der Waals surface area contributed by atoms with Gasteiger partial charge in [-0.15, -0.1) is 0 Å². The number of H-pyrrole nitrogens is 1. The largest absolute Gasteiger partial charge is 0.481 e. The van der Waals surface area contributed by atoms with Gasteiger partial charge in [-0.3, -0.25) is 4.90 Å². The van der Waals surface area contributed by atoms with Crippen LogP contribution in [0, 0.1) is 0 Å². The number of rotatable bonds is 6. The Bertz CT molecular complexity index is 1230. The highest BCUT2D eigenvalue weighted by Crippen LogP contribution is 2.34. The van der Waals surface area contributed by atoms with Gasteiger partial charge >= 0.3 is 0 Å². The van der Waals surface area contributed by atoms with Crippen LogP contribution in [0.25, 0.3) is 22.6 Å². The molecular weight excluding hydrogens is 480 g/mol. The molecule has 0 aliphatic carbocycles. The Kier molecular flexibility index (Phi) is 6.28. The Morgan fingerprint density at radius 1 is 0.970 bits per heavy atom. The number of aromatic amines is 1. The van der Waals surface area contributed by atoms with Gasteiger partial charge in [0.25, 0.3) is 0 Å². The van der Waals surface area contributed by atoms with Crippen molar-refractivity contribution in [1.29, 1.82) is 0 Å². The number of piperazine rings is 1. The lowest BCUT2D eigenvalue weighted by molar-refractivity contribution is 0.249. The number of methoxy groups -OCH3 is 1. The number of ether oxygens (including phenoxy) is 1. The zero-order chi connectivity index (χ0) is 22.8. The van der Waals surface area contributed by atoms with Crippen LogP contribution < -0.4 is 9.64 Å². The van der Waals surface area contributed by atoms with Crippen molar-refractivity contribution in [3.05, 3.63) is 64.4 Å². The maximum absolute atomic E-state index is 5.16. The minimum absolute atomic E-state index is 0.648. The van der Waals surface area contributed by atoms with Crippen LogP contribution >= 0.6 is 15.9 Å². The summed E-state index contributed by atoms with van der Waals surface area (Å²) in [6.07, 6.45) is 4.79. The van der Waals surface area contributed by atoms with Crippen molar-refractivity contribution >= 4 is 32.8 Å². The Balaban J connectivity index is 1.34. The van der Waals surface area contributed by atoms with E-state index in [4.69, 9.17) is 9.72 Å². The number of aryl methyl sites for hydroxylation is 1. The fourth-order valence-corrected chi connectivity index (χ4v) is 4.81. The molecule has 8 heteroatoms. The monoisotopic (exact) mass is 506 g/mol. The van der Waals surface area contributed by atoms with Crippen molar-refractivity contribution in [3.8, 4) is 17.3 Å². The van der Waals surface area contributed by atoms with Crippen molar-refractivity contribution in [2.45, 2.75) is 19.9 Å². The third kappa shape index (κ3) is 4.58. The van der Waals surface area contributed by atoms with Gasteiger partial charge in [-0.25, -0.2) is 15.0 Å². The van der Waals surface area contributed by atoms with E-state index in [9.17, 15) is 0 Å². The van der Waals surface area contributed by atoms with Gasteiger partial charge in [0.2, 0.25) is 5.88 Å². The van der Waals surface area contributed by atoms with Gasteiger partial charge in [0.15, 0.2) is 5.65 Å². The highest BCUT2D eigenvalue weighted by Gasteiger charge is 2.23. The van der Waals surface area contributed by atoms with Crippen molar-refractivity contribution < 1.29 is 4.74 Å². The second-order valence-corrected chi connectivity index (χ2v) is 9.11. The molecule has 0 spiro atoms. The molecule has 1 fully saturated rings. The van der Waals surface area contributed by atoms with Gasteiger partial charge in [-0.1, -0.05) is 37.3 Å². The fourth-order valence-electron chi connectivity index (χ4n) is 4.27. The molecule has 1 aliphatic rings. The van der Waals surface area contributed by atoms with Gasteiger partial charge in [-0.2, -0.15) is 0 Å². The molecule has 0 radical (unpaired) electrons. The molecule has 0 saturated carbocycles. The molecule has 4 aromatic rings. The zero-order valence-corrected chi connectivity index (χ0v) is 20.5. The highest BCUT2D eigenvalue weighted by atomic mass is 79.9. The average Bonchev–Trinajstić information content (AvgIpc) is 3.29. The summed E-state index contributed by atoms with van der Waals surface area (Å²) in [5, 5.41) is 0. The highest BCUT2D eigenvalue weighted by molar-refractivity contribution is 9.10. The SMILES string of the molecule is CCc1ccc(-c2nc3c(N4CCN(Cc5ccc(OC)nc5)CC4)c(Br)cnc3[nH]2)cc1. The average molecular weight is 507 g/mol. The van der Waals surface area contributed by atoms with Crippen LogP contribution in [0.4, 0.5) is 5.69 Å². The van der Waals surface area contributed by atoms with Crippen LogP contribution in [-0.4, -0.2) is 58.1 Å². The number of anilines is 1. The molecule has 1 aliphatic heterocycles. The maximum Gasteiger partial charge on any atom is 0.212 e. The molecule has 1 N–H and O–H groups in total. The van der Waals surface area contributed by atoms with Crippen molar-refractivity contribution in [1.82, 2.24) is 24.8 Å². The van der Waals surface area contributed by atoms with Gasteiger partial charge in [0.05, 0.1) is 17.3 Å². The standard InChI is InChI=1S/C25H27BrN6O/c1-3-17-4-7-19(8-5-17)24-29-22-23(20(26)15-28-25(22)30-24)32-12-10-31(11-13-32)16-18-6-9-21(33-2)27-14-18/h4-9,14-15H,3,10-13,16H2,1-2H3,(H,28,29,30). The first-order valence-corrected chi connectivity index (χ1v) is 12.0. The van der Waals surface area contributed by atoms with Crippen molar-refractivity contribution in [2.24, 2.45) is 0 Å². The van der Waals surface area contributed by atoms with Gasteiger partial charge < -0.3 is 14.6 Å². The van der Waals surface area contributed by atoms with Gasteiger partial charge in [0.1, 0.15) is 11.3 Å². The molecule has 0 atom stereocenters. The van der Waals surface area contributed by atoms with Crippen LogP contribution in [0.5, 0.6) is 5.88 Å². The van der Waals surface area contributed by atoms with Gasteiger partial charge in [-0.05, 0) is 33.5 Å². The van der Waals surface area contributed by atoms with E-state index in [1.807, 2.05) is 18.5 Å². The van der Waals surface area contributed by atoms with E-state index in [2.05, 4.69) is 77.9 Å². The van der Waals surface area contributed by atoms with Crippen molar-refractivity contribution in [3.63, 3.8) is 0 Å². The summed E-state index contributed by atoms with van der Waals surface area (Å²) < 4.78 is 6.13. The van der Waals surface area contributed by atoms with Crippen LogP contribution in [0.3, 0.4) is 0 Å². The summed E-state index contributed by atoms with van der Waals surface area (Å²) in [4.78, 5) is 22.1. The molecule has 3 aromatic heterocycles. The summed E-state index contributed by atoms with van der Waals surface area (Å²) in [6, 6.07) is 12.6. The number of hydrogen-bond acceptors (Lipinski definition) is 6. The lowest BCUT2D eigenvalue weighted by Gasteiger charge is -2.36. The summed E-state index contributed by atoms with van der Waals surface area (Å²) in [5.74, 6) is 1.50. The van der Waals surface area contributed by atoms with E-state index in [0.29, 0.717) is 5.88 Å². The topological polar surface area (TPSA) is 70.2 Å². The first-order valence-electron chi connectivity index (χ1n) is 11.2. The first kappa shape index (κ1) is 21.9. The Labute approximate surface area is 202 Å². The van der Waals surface area contributed by atoms with E-state index < -0.39 is 0 Å². The molecule has 5 rings (SSSR count). The third-order valence-electron chi connectivity index (χ3n) is 6.18. The van der Waals surface area contributed by atoms with Crippen LogP contribution in [-0.2, 0) is 13.0 Å². The molecule has 4 heterocycles. The van der Waals surface area contributed by atoms with E-state index in [0.717, 1.165) is 71.9 Å². The number of fused-ring (bicyclic) bond motifs is 1. The van der Waals surface area contributed by atoms with Gasteiger partial charge in [0, 0.05) is 56.7 Å². The molecule has 33 heavy (non-hydrogen) atoms. The van der Waals surface area contributed by atoms with E-state index >= 15 is 0 Å². The number of pyridine rings is 2. The van der Waals surface area contributed by atoms with E-state index in [1.54, 1.807) is 7.11 Å². The zero-order valence-electron chi connectivity index (χ0n) is 18.9. The molecule has 170 valence electrons. The molecule has 0 unspecified atom stereocenters. The Morgan fingerprint density at radius 2 is 1.73 bits per heavy atom. The normalized spacial score (nSPS) is 14.7. The summed E-state index contributed by atoms with van der Waals surface area (Å²) >= 11 is 3.73. The minimum Gasteiger partial charge on any atom is -0.481 e. The van der Waals surface area contributed by atoms with Crippen LogP contribution in [0.15, 0.2) is 53.3 Å². The smallest absolute Gasteiger partial charge is 0.212 e. The number of nitrogens with one attached hydrogen (secondary N) is 1.